The molecule has 1 aliphatic heterocycles. The van der Waals surface area contributed by atoms with Crippen LogP contribution in [0.2, 0.25) is 0 Å². The number of benzene rings is 2. The minimum atomic E-state index is -0.000227. The minimum absolute atomic E-state index is 0.000227. The molecule has 150 valence electrons. The third-order valence-corrected chi connectivity index (χ3v) is 4.90. The summed E-state index contributed by atoms with van der Waals surface area (Å²) in [5.74, 6) is 1.41. The van der Waals surface area contributed by atoms with Gasteiger partial charge in [0.2, 0.25) is 11.7 Å². The first-order valence-corrected chi connectivity index (χ1v) is 9.82. The third kappa shape index (κ3) is 4.37. The van der Waals surface area contributed by atoms with Crippen LogP contribution in [-0.2, 0) is 11.3 Å². The van der Waals surface area contributed by atoms with Crippen LogP contribution in [0.15, 0.2) is 54.6 Å². The number of hydrogen-bond acceptors (Lipinski definition) is 6. The fraction of sp³-hybridized carbons (Fsp3) is 0.333. The molecule has 8 heteroatoms. The van der Waals surface area contributed by atoms with Crippen LogP contribution in [0.3, 0.4) is 0 Å². The molecule has 1 amide bonds. The van der Waals surface area contributed by atoms with E-state index < -0.39 is 0 Å². The molecule has 0 radical (unpaired) electrons. The Morgan fingerprint density at radius 1 is 1.00 bits per heavy atom. The van der Waals surface area contributed by atoms with Gasteiger partial charge in [-0.05, 0) is 24.3 Å². The average molecular weight is 392 g/mol. The lowest BCUT2D eigenvalue weighted by Gasteiger charge is -2.36. The second-order valence-electron chi connectivity index (χ2n) is 6.78. The summed E-state index contributed by atoms with van der Waals surface area (Å²) in [6.07, 6.45) is 0. The summed E-state index contributed by atoms with van der Waals surface area (Å²) in [5.41, 5.74) is 1.96. The molecule has 3 aromatic rings. The summed E-state index contributed by atoms with van der Waals surface area (Å²) in [5, 5.41) is 12.4. The van der Waals surface area contributed by atoms with Crippen LogP contribution in [0.1, 0.15) is 6.92 Å². The quantitative estimate of drug-likeness (QED) is 0.639. The Labute approximate surface area is 169 Å². The minimum Gasteiger partial charge on any atom is -0.492 e. The van der Waals surface area contributed by atoms with Crippen LogP contribution in [0.5, 0.6) is 5.75 Å². The maximum atomic E-state index is 12.7. The molecule has 4 rings (SSSR count). The molecule has 2 aromatic carbocycles. The monoisotopic (exact) mass is 392 g/mol. The molecule has 1 aliphatic rings. The average Bonchev–Trinajstić information content (AvgIpc) is 3.24. The van der Waals surface area contributed by atoms with Crippen molar-refractivity contribution in [2.45, 2.75) is 13.5 Å². The third-order valence-electron chi connectivity index (χ3n) is 4.90. The van der Waals surface area contributed by atoms with Gasteiger partial charge in [-0.3, -0.25) is 4.79 Å². The van der Waals surface area contributed by atoms with Gasteiger partial charge in [0.15, 0.2) is 0 Å². The molecule has 0 aliphatic carbocycles. The van der Waals surface area contributed by atoms with E-state index in [0.29, 0.717) is 25.5 Å². The molecular weight excluding hydrogens is 368 g/mol. The van der Waals surface area contributed by atoms with Gasteiger partial charge in [0.1, 0.15) is 12.3 Å². The highest BCUT2D eigenvalue weighted by Crippen LogP contribution is 2.28. The number of anilines is 1. The number of carbonyl (C=O) groups is 1. The summed E-state index contributed by atoms with van der Waals surface area (Å²) in [7, 11) is 0. The summed E-state index contributed by atoms with van der Waals surface area (Å²) in [6.45, 7) is 5.53. The Balaban J connectivity index is 1.35. The van der Waals surface area contributed by atoms with Crippen LogP contribution in [0.4, 0.5) is 5.69 Å². The number of amides is 1. The Morgan fingerprint density at radius 2 is 1.72 bits per heavy atom. The smallest absolute Gasteiger partial charge is 0.246 e. The number of tetrazole rings is 1. The van der Waals surface area contributed by atoms with Crippen molar-refractivity contribution in [2.24, 2.45) is 0 Å². The van der Waals surface area contributed by atoms with E-state index in [1.807, 2.05) is 60.4 Å². The van der Waals surface area contributed by atoms with Gasteiger partial charge >= 0.3 is 0 Å². The second-order valence-corrected chi connectivity index (χ2v) is 6.78. The standard InChI is InChI=1S/C21H24N6O2/c1-2-29-19-11-7-6-10-18(19)25-12-14-26(15-13-25)20(28)16-27-23-21(22-24-27)17-8-4-3-5-9-17/h3-11H,2,12-16H2,1H3. The number of ether oxygens (including phenoxy) is 1. The molecule has 0 atom stereocenters. The van der Waals surface area contributed by atoms with E-state index in [9.17, 15) is 4.79 Å². The van der Waals surface area contributed by atoms with E-state index in [0.717, 1.165) is 30.1 Å². The van der Waals surface area contributed by atoms with E-state index in [1.54, 1.807) is 0 Å². The maximum absolute atomic E-state index is 12.7. The molecule has 0 unspecified atom stereocenters. The molecule has 29 heavy (non-hydrogen) atoms. The normalized spacial score (nSPS) is 14.1. The van der Waals surface area contributed by atoms with Crippen molar-refractivity contribution >= 4 is 11.6 Å². The van der Waals surface area contributed by atoms with E-state index in [1.165, 1.54) is 4.80 Å². The Morgan fingerprint density at radius 3 is 2.48 bits per heavy atom. The molecule has 1 saturated heterocycles. The zero-order valence-electron chi connectivity index (χ0n) is 16.4. The number of piperazine rings is 1. The van der Waals surface area contributed by atoms with Crippen molar-refractivity contribution in [1.82, 2.24) is 25.1 Å². The number of nitrogens with zero attached hydrogens (tertiary/aromatic N) is 6. The zero-order chi connectivity index (χ0) is 20.1. The molecule has 1 fully saturated rings. The highest BCUT2D eigenvalue weighted by atomic mass is 16.5. The number of hydrogen-bond donors (Lipinski definition) is 0. The van der Waals surface area contributed by atoms with Crippen molar-refractivity contribution in [2.75, 3.05) is 37.7 Å². The predicted octanol–water partition coefficient (Wildman–Crippen LogP) is 2.09. The van der Waals surface area contributed by atoms with E-state index in [-0.39, 0.29) is 12.5 Å². The summed E-state index contributed by atoms with van der Waals surface area (Å²) >= 11 is 0. The number of carbonyl (C=O) groups excluding carboxylic acids is 1. The first-order chi connectivity index (χ1) is 14.2. The summed E-state index contributed by atoms with van der Waals surface area (Å²) in [4.78, 5) is 18.2. The molecular formula is C21H24N6O2. The number of rotatable bonds is 6. The number of para-hydroxylation sites is 2. The van der Waals surface area contributed by atoms with Crippen molar-refractivity contribution in [3.05, 3.63) is 54.6 Å². The van der Waals surface area contributed by atoms with Gasteiger partial charge in [-0.15, -0.1) is 10.2 Å². The van der Waals surface area contributed by atoms with Crippen LogP contribution >= 0.6 is 0 Å². The Bertz CT molecular complexity index is 951. The van der Waals surface area contributed by atoms with Crippen LogP contribution < -0.4 is 9.64 Å². The molecule has 1 aromatic heterocycles. The molecule has 0 N–H and O–H groups in total. The lowest BCUT2D eigenvalue weighted by molar-refractivity contribution is -0.132. The fourth-order valence-corrected chi connectivity index (χ4v) is 3.43. The topological polar surface area (TPSA) is 76.4 Å². The predicted molar refractivity (Wildman–Crippen MR) is 110 cm³/mol. The zero-order valence-corrected chi connectivity index (χ0v) is 16.4. The lowest BCUT2D eigenvalue weighted by atomic mass is 10.2. The highest BCUT2D eigenvalue weighted by molar-refractivity contribution is 5.76. The van der Waals surface area contributed by atoms with Crippen molar-refractivity contribution in [3.63, 3.8) is 0 Å². The van der Waals surface area contributed by atoms with E-state index >= 15 is 0 Å². The summed E-state index contributed by atoms with van der Waals surface area (Å²) in [6, 6.07) is 17.6. The molecule has 8 nitrogen and oxygen atoms in total. The van der Waals surface area contributed by atoms with Gasteiger partial charge < -0.3 is 14.5 Å². The molecule has 0 saturated carbocycles. The Hall–Kier alpha value is -3.42. The highest BCUT2D eigenvalue weighted by Gasteiger charge is 2.23. The van der Waals surface area contributed by atoms with Crippen molar-refractivity contribution < 1.29 is 9.53 Å². The maximum Gasteiger partial charge on any atom is 0.246 e. The van der Waals surface area contributed by atoms with E-state index in [2.05, 4.69) is 26.4 Å². The first-order valence-electron chi connectivity index (χ1n) is 9.82. The van der Waals surface area contributed by atoms with Crippen LogP contribution in [0, 0.1) is 0 Å². The molecule has 0 spiro atoms. The van der Waals surface area contributed by atoms with E-state index in [4.69, 9.17) is 4.74 Å². The van der Waals surface area contributed by atoms with Crippen LogP contribution in [0.25, 0.3) is 11.4 Å². The van der Waals surface area contributed by atoms with Crippen molar-refractivity contribution in [3.8, 4) is 17.1 Å². The van der Waals surface area contributed by atoms with Gasteiger partial charge in [0, 0.05) is 31.7 Å². The van der Waals surface area contributed by atoms with Crippen LogP contribution in [-0.4, -0.2) is 63.8 Å². The first kappa shape index (κ1) is 18.9. The van der Waals surface area contributed by atoms with Gasteiger partial charge in [-0.25, -0.2) is 0 Å². The van der Waals surface area contributed by atoms with Gasteiger partial charge in [-0.1, -0.05) is 42.5 Å². The SMILES string of the molecule is CCOc1ccccc1N1CCN(C(=O)Cn2nnc(-c3ccccc3)n2)CC1. The molecule has 2 heterocycles. The number of aromatic nitrogens is 4. The second kappa shape index (κ2) is 8.72. The largest absolute Gasteiger partial charge is 0.492 e. The van der Waals surface area contributed by atoms with Gasteiger partial charge in [-0.2, -0.15) is 4.80 Å². The molecule has 0 bridgehead atoms. The van der Waals surface area contributed by atoms with Gasteiger partial charge in [0.25, 0.3) is 0 Å². The Kier molecular flexibility index (Phi) is 5.69. The van der Waals surface area contributed by atoms with Crippen molar-refractivity contribution in [1.29, 1.82) is 0 Å². The summed E-state index contributed by atoms with van der Waals surface area (Å²) < 4.78 is 5.73. The van der Waals surface area contributed by atoms with Gasteiger partial charge in [0.05, 0.1) is 12.3 Å². The lowest BCUT2D eigenvalue weighted by Crippen LogP contribution is -2.49. The fourth-order valence-electron chi connectivity index (χ4n) is 3.43.